The van der Waals surface area contributed by atoms with E-state index >= 15 is 0 Å². The summed E-state index contributed by atoms with van der Waals surface area (Å²) in [5.74, 6) is -0.438. The van der Waals surface area contributed by atoms with Gasteiger partial charge in [-0.3, -0.25) is 9.59 Å². The third kappa shape index (κ3) is 5.41. The number of benzene rings is 3. The maximum absolute atomic E-state index is 13.8. The van der Waals surface area contributed by atoms with Gasteiger partial charge in [0, 0.05) is 24.1 Å². The van der Waals surface area contributed by atoms with Crippen molar-refractivity contribution < 1.29 is 18.7 Å². The molecule has 2 heterocycles. The second kappa shape index (κ2) is 10.6. The van der Waals surface area contributed by atoms with Crippen molar-refractivity contribution in [2.45, 2.75) is 31.1 Å². The van der Waals surface area contributed by atoms with Crippen molar-refractivity contribution in [1.82, 2.24) is 5.01 Å². The number of hydrogen-bond acceptors (Lipinski definition) is 6. The molecule has 9 heteroatoms. The summed E-state index contributed by atoms with van der Waals surface area (Å²) in [6.45, 7) is 1.65. The fourth-order valence-electron chi connectivity index (χ4n) is 4.25. The van der Waals surface area contributed by atoms with E-state index in [1.54, 1.807) is 31.2 Å². The Kier molecular flexibility index (Phi) is 7.05. The first kappa shape index (κ1) is 24.7. The zero-order chi connectivity index (χ0) is 25.9. The molecule has 0 fully saturated rings. The third-order valence-corrected chi connectivity index (χ3v) is 7.39. The standard InChI is InChI=1S/C28H25FN4O3S/c1-17-11-12-20(14-22(17)29)30-26(34)16-25-27(35)31-28(37-25)33-24(18-7-4-3-5-8-18)15-23(32-33)19-9-6-10-21(13-19)36-2/h3-14,24-25H,15-16H2,1-2H3,(H,30,34)/t24-,25+/m0/s1. The maximum Gasteiger partial charge on any atom is 0.262 e. The molecule has 0 radical (unpaired) electrons. The van der Waals surface area contributed by atoms with E-state index in [0.717, 1.165) is 22.6 Å². The number of amides is 2. The number of methoxy groups -OCH3 is 1. The molecule has 7 nitrogen and oxygen atoms in total. The molecule has 0 aromatic heterocycles. The summed E-state index contributed by atoms with van der Waals surface area (Å²) in [6, 6.07) is 22.0. The first-order valence-electron chi connectivity index (χ1n) is 11.8. The van der Waals surface area contributed by atoms with Crippen molar-refractivity contribution in [2.24, 2.45) is 10.1 Å². The topological polar surface area (TPSA) is 83.4 Å². The highest BCUT2D eigenvalue weighted by atomic mass is 32.2. The van der Waals surface area contributed by atoms with Crippen molar-refractivity contribution in [3.8, 4) is 5.75 Å². The molecule has 0 saturated carbocycles. The van der Waals surface area contributed by atoms with E-state index in [0.29, 0.717) is 22.8 Å². The number of ether oxygens (including phenoxy) is 1. The minimum atomic E-state index is -0.683. The number of nitrogens with zero attached hydrogens (tertiary/aromatic N) is 3. The van der Waals surface area contributed by atoms with E-state index in [2.05, 4.69) is 10.3 Å². The summed E-state index contributed by atoms with van der Waals surface area (Å²) in [4.78, 5) is 29.7. The van der Waals surface area contributed by atoms with E-state index in [9.17, 15) is 14.0 Å². The number of hydrogen-bond donors (Lipinski definition) is 1. The second-order valence-corrected chi connectivity index (χ2v) is 9.98. The van der Waals surface area contributed by atoms with Gasteiger partial charge in [0.1, 0.15) is 16.8 Å². The molecule has 2 aliphatic rings. The van der Waals surface area contributed by atoms with E-state index in [1.165, 1.54) is 17.8 Å². The van der Waals surface area contributed by atoms with Crippen LogP contribution < -0.4 is 10.1 Å². The molecule has 5 rings (SSSR count). The molecule has 0 unspecified atom stereocenters. The fraction of sp³-hybridized carbons (Fsp3) is 0.214. The number of carbonyl (C=O) groups excluding carboxylic acids is 2. The Balaban J connectivity index is 1.34. The Labute approximate surface area is 218 Å². The molecular weight excluding hydrogens is 491 g/mol. The van der Waals surface area contributed by atoms with Crippen LogP contribution in [0.15, 0.2) is 82.9 Å². The van der Waals surface area contributed by atoms with Crippen LogP contribution >= 0.6 is 11.8 Å². The van der Waals surface area contributed by atoms with Crippen molar-refractivity contribution in [3.63, 3.8) is 0 Å². The van der Waals surface area contributed by atoms with Crippen molar-refractivity contribution in [3.05, 3.63) is 95.3 Å². The number of hydrazone groups is 1. The van der Waals surface area contributed by atoms with Crippen LogP contribution in [0, 0.1) is 12.7 Å². The Hall–Kier alpha value is -3.98. The van der Waals surface area contributed by atoms with Crippen LogP contribution in [0.25, 0.3) is 0 Å². The first-order valence-corrected chi connectivity index (χ1v) is 12.7. The van der Waals surface area contributed by atoms with Gasteiger partial charge in [0.15, 0.2) is 5.17 Å². The van der Waals surface area contributed by atoms with Crippen LogP contribution in [-0.4, -0.2) is 40.1 Å². The molecule has 37 heavy (non-hydrogen) atoms. The molecule has 1 N–H and O–H groups in total. The van der Waals surface area contributed by atoms with Crippen LogP contribution in [-0.2, 0) is 9.59 Å². The number of halogens is 1. The Morgan fingerprint density at radius 2 is 1.95 bits per heavy atom. The molecule has 2 amide bonds. The number of aliphatic imine (C=N–C) groups is 1. The van der Waals surface area contributed by atoms with Gasteiger partial charge in [-0.1, -0.05) is 60.3 Å². The Bertz CT molecular complexity index is 1410. The summed E-state index contributed by atoms with van der Waals surface area (Å²) in [5.41, 5.74) is 3.67. The van der Waals surface area contributed by atoms with E-state index < -0.39 is 11.1 Å². The zero-order valence-corrected chi connectivity index (χ0v) is 21.2. The first-order chi connectivity index (χ1) is 17.9. The number of carbonyl (C=O) groups is 2. The van der Waals surface area contributed by atoms with Gasteiger partial charge in [0.05, 0.1) is 18.9 Å². The smallest absolute Gasteiger partial charge is 0.262 e. The quantitative estimate of drug-likeness (QED) is 0.480. The van der Waals surface area contributed by atoms with Crippen molar-refractivity contribution >= 4 is 40.1 Å². The van der Waals surface area contributed by atoms with Gasteiger partial charge in [-0.25, -0.2) is 9.40 Å². The van der Waals surface area contributed by atoms with Gasteiger partial charge < -0.3 is 10.1 Å². The maximum atomic E-state index is 13.8. The lowest BCUT2D eigenvalue weighted by atomic mass is 9.98. The van der Waals surface area contributed by atoms with Crippen LogP contribution in [0.4, 0.5) is 10.1 Å². The summed E-state index contributed by atoms with van der Waals surface area (Å²) in [7, 11) is 1.62. The Morgan fingerprint density at radius 1 is 1.14 bits per heavy atom. The molecule has 188 valence electrons. The highest BCUT2D eigenvalue weighted by molar-refractivity contribution is 8.15. The van der Waals surface area contributed by atoms with Gasteiger partial charge >= 0.3 is 0 Å². The van der Waals surface area contributed by atoms with Gasteiger partial charge in [-0.2, -0.15) is 10.1 Å². The molecule has 2 aliphatic heterocycles. The van der Waals surface area contributed by atoms with Gasteiger partial charge in [0.25, 0.3) is 5.91 Å². The molecule has 2 atom stereocenters. The van der Waals surface area contributed by atoms with Crippen molar-refractivity contribution in [2.75, 3.05) is 12.4 Å². The predicted octanol–water partition coefficient (Wildman–Crippen LogP) is 5.32. The molecule has 0 saturated heterocycles. The van der Waals surface area contributed by atoms with Crippen LogP contribution in [0.5, 0.6) is 5.75 Å². The number of aryl methyl sites for hydroxylation is 1. The summed E-state index contributed by atoms with van der Waals surface area (Å²) < 4.78 is 19.2. The molecular formula is C28H25FN4O3S. The molecule has 3 aromatic rings. The lowest BCUT2D eigenvalue weighted by Crippen LogP contribution is -2.25. The molecule has 0 spiro atoms. The van der Waals surface area contributed by atoms with E-state index in [-0.39, 0.29) is 24.3 Å². The number of rotatable bonds is 6. The molecule has 0 bridgehead atoms. The lowest BCUT2D eigenvalue weighted by Gasteiger charge is -2.23. The SMILES string of the molecule is COc1cccc(C2=NN(C3=NC(=O)[C@@H](CC(=O)Nc4ccc(C)c(F)c4)S3)[C@H](c3ccccc3)C2)c1. The normalized spacial score (nSPS) is 19.0. The van der Waals surface area contributed by atoms with Crippen LogP contribution in [0.1, 0.15) is 35.6 Å². The van der Waals surface area contributed by atoms with Gasteiger partial charge in [-0.15, -0.1) is 0 Å². The largest absolute Gasteiger partial charge is 0.497 e. The van der Waals surface area contributed by atoms with Gasteiger partial charge in [-0.05, 0) is 42.3 Å². The number of amidine groups is 1. The average Bonchev–Trinajstić information content (AvgIpc) is 3.51. The summed E-state index contributed by atoms with van der Waals surface area (Å²) in [5, 5.41) is 9.07. The van der Waals surface area contributed by atoms with Gasteiger partial charge in [0.2, 0.25) is 5.91 Å². The van der Waals surface area contributed by atoms with Crippen LogP contribution in [0.2, 0.25) is 0 Å². The van der Waals surface area contributed by atoms with E-state index in [4.69, 9.17) is 9.84 Å². The predicted molar refractivity (Wildman–Crippen MR) is 143 cm³/mol. The lowest BCUT2D eigenvalue weighted by molar-refractivity contribution is -0.121. The van der Waals surface area contributed by atoms with E-state index in [1.807, 2.05) is 54.6 Å². The second-order valence-electron chi connectivity index (χ2n) is 8.81. The number of nitrogens with one attached hydrogen (secondary N) is 1. The van der Waals surface area contributed by atoms with Crippen LogP contribution in [0.3, 0.4) is 0 Å². The number of thioether (sulfide) groups is 1. The monoisotopic (exact) mass is 516 g/mol. The third-order valence-electron chi connectivity index (χ3n) is 6.25. The zero-order valence-electron chi connectivity index (χ0n) is 20.3. The number of anilines is 1. The summed E-state index contributed by atoms with van der Waals surface area (Å²) >= 11 is 1.22. The highest BCUT2D eigenvalue weighted by Crippen LogP contribution is 2.38. The minimum Gasteiger partial charge on any atom is -0.497 e. The molecule has 3 aromatic carbocycles. The minimum absolute atomic E-state index is 0.0811. The highest BCUT2D eigenvalue weighted by Gasteiger charge is 2.39. The molecule has 0 aliphatic carbocycles. The van der Waals surface area contributed by atoms with Crippen molar-refractivity contribution in [1.29, 1.82) is 0 Å². The summed E-state index contributed by atoms with van der Waals surface area (Å²) in [6.07, 6.45) is 0.539. The Morgan fingerprint density at radius 3 is 2.70 bits per heavy atom. The fourth-order valence-corrected chi connectivity index (χ4v) is 5.32. The average molecular weight is 517 g/mol.